The first-order valence-electron chi connectivity index (χ1n) is 5.92. The lowest BCUT2D eigenvalue weighted by molar-refractivity contribution is 0.271. The number of hydrogen-bond acceptors (Lipinski definition) is 4. The van der Waals surface area contributed by atoms with Crippen molar-refractivity contribution in [3.05, 3.63) is 26.6 Å². The van der Waals surface area contributed by atoms with Crippen LogP contribution in [0.4, 0.5) is 0 Å². The fraction of sp³-hybridized carbons (Fsp3) is 0.500. The topological polar surface area (TPSA) is 49.0 Å². The number of likely N-dealkylation sites (N-methyl/N-ethyl adjacent to an activating group) is 1. The van der Waals surface area contributed by atoms with Crippen LogP contribution in [0.15, 0.2) is 4.79 Å². The second kappa shape index (κ2) is 3.92. The van der Waals surface area contributed by atoms with E-state index in [2.05, 4.69) is 21.8 Å². The molecule has 0 atom stereocenters. The third-order valence-electron chi connectivity index (χ3n) is 3.35. The quantitative estimate of drug-likeness (QED) is 0.836. The molecule has 17 heavy (non-hydrogen) atoms. The Kier molecular flexibility index (Phi) is 2.52. The lowest BCUT2D eigenvalue weighted by atomic mass is 10.1. The molecule has 2 aromatic rings. The molecule has 3 heterocycles. The highest BCUT2D eigenvalue weighted by molar-refractivity contribution is 7.18. The van der Waals surface area contributed by atoms with Gasteiger partial charge in [-0.2, -0.15) is 0 Å². The molecule has 0 saturated carbocycles. The number of hydrogen-bond donors (Lipinski definition) is 1. The fourth-order valence-corrected chi connectivity index (χ4v) is 3.64. The average Bonchev–Trinajstić information content (AvgIpc) is 2.65. The highest BCUT2D eigenvalue weighted by Gasteiger charge is 2.22. The Morgan fingerprint density at radius 3 is 3.12 bits per heavy atom. The predicted octanol–water partition coefficient (Wildman–Crippen LogP) is 1.67. The van der Waals surface area contributed by atoms with E-state index >= 15 is 0 Å². The molecule has 5 heteroatoms. The maximum Gasteiger partial charge on any atom is 0.259 e. The van der Waals surface area contributed by atoms with Crippen molar-refractivity contribution < 1.29 is 0 Å². The van der Waals surface area contributed by atoms with Crippen LogP contribution in [0, 0.1) is 6.92 Å². The van der Waals surface area contributed by atoms with Crippen molar-refractivity contribution in [3.8, 4) is 0 Å². The smallest absolute Gasteiger partial charge is 0.259 e. The van der Waals surface area contributed by atoms with Gasteiger partial charge in [-0.1, -0.05) is 6.92 Å². The summed E-state index contributed by atoms with van der Waals surface area (Å²) >= 11 is 1.68. The highest BCUT2D eigenvalue weighted by atomic mass is 32.1. The number of nitrogens with one attached hydrogen (secondary N) is 1. The minimum absolute atomic E-state index is 0.0166. The lowest BCUT2D eigenvalue weighted by Crippen LogP contribution is -2.29. The molecule has 1 N–H and O–H groups in total. The molecule has 4 nitrogen and oxygen atoms in total. The summed E-state index contributed by atoms with van der Waals surface area (Å²) < 4.78 is 0. The van der Waals surface area contributed by atoms with E-state index < -0.39 is 0 Å². The molecule has 0 spiro atoms. The van der Waals surface area contributed by atoms with E-state index in [1.165, 1.54) is 10.4 Å². The molecule has 0 aliphatic carbocycles. The van der Waals surface area contributed by atoms with E-state index in [4.69, 9.17) is 0 Å². The molecule has 0 fully saturated rings. The van der Waals surface area contributed by atoms with E-state index in [0.717, 1.165) is 36.3 Å². The maximum atomic E-state index is 12.0. The SMILES string of the molecule is CCN1CCc2sc3nc(C)[nH]c(=O)c3c2C1. The maximum absolute atomic E-state index is 12.0. The van der Waals surface area contributed by atoms with E-state index in [-0.39, 0.29) is 5.56 Å². The molecule has 1 aliphatic rings. The minimum Gasteiger partial charge on any atom is -0.310 e. The van der Waals surface area contributed by atoms with Crippen molar-refractivity contribution in [3.63, 3.8) is 0 Å². The Labute approximate surface area is 103 Å². The second-order valence-electron chi connectivity index (χ2n) is 4.45. The van der Waals surface area contributed by atoms with Crippen LogP contribution in [-0.4, -0.2) is 28.0 Å². The molecule has 0 aromatic carbocycles. The second-order valence-corrected chi connectivity index (χ2v) is 5.54. The van der Waals surface area contributed by atoms with Crippen LogP contribution < -0.4 is 5.56 Å². The van der Waals surface area contributed by atoms with Crippen molar-refractivity contribution in [2.24, 2.45) is 0 Å². The fourth-order valence-electron chi connectivity index (χ4n) is 2.42. The van der Waals surface area contributed by atoms with Crippen LogP contribution in [0.1, 0.15) is 23.2 Å². The van der Waals surface area contributed by atoms with E-state index in [1.807, 2.05) is 6.92 Å². The van der Waals surface area contributed by atoms with Gasteiger partial charge in [-0.25, -0.2) is 4.98 Å². The zero-order valence-electron chi connectivity index (χ0n) is 10.0. The van der Waals surface area contributed by atoms with Gasteiger partial charge < -0.3 is 4.98 Å². The van der Waals surface area contributed by atoms with E-state index in [9.17, 15) is 4.79 Å². The summed E-state index contributed by atoms with van der Waals surface area (Å²) in [6, 6.07) is 0. The Bertz CT molecular complexity index is 628. The molecule has 0 unspecified atom stereocenters. The number of rotatable bonds is 1. The largest absolute Gasteiger partial charge is 0.310 e. The third kappa shape index (κ3) is 1.70. The van der Waals surface area contributed by atoms with Crippen molar-refractivity contribution in [2.75, 3.05) is 13.1 Å². The van der Waals surface area contributed by atoms with Gasteiger partial charge in [-0.15, -0.1) is 11.3 Å². The Balaban J connectivity index is 2.24. The molecule has 0 saturated heterocycles. The summed E-state index contributed by atoms with van der Waals surface area (Å²) in [4.78, 5) is 23.9. The van der Waals surface area contributed by atoms with Gasteiger partial charge in [0.1, 0.15) is 10.7 Å². The van der Waals surface area contributed by atoms with Crippen molar-refractivity contribution >= 4 is 21.6 Å². The van der Waals surface area contributed by atoms with Gasteiger partial charge in [-0.3, -0.25) is 9.69 Å². The number of nitrogens with zero attached hydrogens (tertiary/aromatic N) is 2. The number of aromatic nitrogens is 2. The molecule has 90 valence electrons. The van der Waals surface area contributed by atoms with Crippen molar-refractivity contribution in [1.82, 2.24) is 14.9 Å². The summed E-state index contributed by atoms with van der Waals surface area (Å²) in [5.41, 5.74) is 1.22. The van der Waals surface area contributed by atoms with E-state index in [0.29, 0.717) is 5.82 Å². The summed E-state index contributed by atoms with van der Waals surface area (Å²) in [7, 11) is 0. The predicted molar refractivity (Wildman–Crippen MR) is 69.6 cm³/mol. The van der Waals surface area contributed by atoms with Crippen LogP contribution in [0.3, 0.4) is 0 Å². The molecule has 2 aromatic heterocycles. The lowest BCUT2D eigenvalue weighted by Gasteiger charge is -2.25. The summed E-state index contributed by atoms with van der Waals surface area (Å²) in [6.45, 7) is 7.00. The highest BCUT2D eigenvalue weighted by Crippen LogP contribution is 2.31. The molecule has 0 amide bonds. The van der Waals surface area contributed by atoms with Crippen LogP contribution in [0.2, 0.25) is 0 Å². The van der Waals surface area contributed by atoms with E-state index in [1.54, 1.807) is 11.3 Å². The number of fused-ring (bicyclic) bond motifs is 3. The minimum atomic E-state index is 0.0166. The number of H-pyrrole nitrogens is 1. The molecule has 0 bridgehead atoms. The number of aromatic amines is 1. The van der Waals surface area contributed by atoms with Gasteiger partial charge in [0, 0.05) is 18.0 Å². The Morgan fingerprint density at radius 2 is 2.35 bits per heavy atom. The van der Waals surface area contributed by atoms with Gasteiger partial charge in [0.25, 0.3) is 5.56 Å². The first-order chi connectivity index (χ1) is 8.19. The van der Waals surface area contributed by atoms with Crippen molar-refractivity contribution in [2.45, 2.75) is 26.8 Å². The number of aryl methyl sites for hydroxylation is 1. The normalized spacial score (nSPS) is 16.4. The van der Waals surface area contributed by atoms with Gasteiger partial charge >= 0.3 is 0 Å². The summed E-state index contributed by atoms with van der Waals surface area (Å²) in [6.07, 6.45) is 1.04. The first-order valence-corrected chi connectivity index (χ1v) is 6.74. The first kappa shape index (κ1) is 10.9. The average molecular weight is 249 g/mol. The van der Waals surface area contributed by atoms with Crippen LogP contribution >= 0.6 is 11.3 Å². The zero-order chi connectivity index (χ0) is 12.0. The standard InChI is InChI=1S/C12H15N3OS/c1-3-15-5-4-9-8(6-15)10-11(16)13-7(2)14-12(10)17-9/h3-6H2,1-2H3,(H,13,14,16). The molecule has 3 rings (SSSR count). The van der Waals surface area contributed by atoms with Gasteiger partial charge in [0.05, 0.1) is 5.39 Å². The van der Waals surface area contributed by atoms with Crippen molar-refractivity contribution in [1.29, 1.82) is 0 Å². The zero-order valence-corrected chi connectivity index (χ0v) is 10.9. The van der Waals surface area contributed by atoms with Gasteiger partial charge in [-0.05, 0) is 25.5 Å². The van der Waals surface area contributed by atoms with Gasteiger partial charge in [0.2, 0.25) is 0 Å². The summed E-state index contributed by atoms with van der Waals surface area (Å²) in [5.74, 6) is 0.702. The van der Waals surface area contributed by atoms with Gasteiger partial charge in [0.15, 0.2) is 0 Å². The van der Waals surface area contributed by atoms with Crippen LogP contribution in [0.25, 0.3) is 10.2 Å². The Morgan fingerprint density at radius 1 is 1.53 bits per heavy atom. The monoisotopic (exact) mass is 249 g/mol. The molecule has 1 aliphatic heterocycles. The Hall–Kier alpha value is -1.20. The molecular weight excluding hydrogens is 234 g/mol. The van der Waals surface area contributed by atoms with Crippen LogP contribution in [0.5, 0.6) is 0 Å². The summed E-state index contributed by atoms with van der Waals surface area (Å²) in [5, 5.41) is 0.814. The van der Waals surface area contributed by atoms with Crippen LogP contribution in [-0.2, 0) is 13.0 Å². The molecule has 0 radical (unpaired) electrons. The number of thiophene rings is 1. The third-order valence-corrected chi connectivity index (χ3v) is 4.53. The molecular formula is C12H15N3OS.